The van der Waals surface area contributed by atoms with Gasteiger partial charge in [-0.05, 0) is 31.5 Å². The van der Waals surface area contributed by atoms with Crippen LogP contribution in [0.25, 0.3) is 0 Å². The number of hydrogen-bond acceptors (Lipinski definition) is 3. The van der Waals surface area contributed by atoms with Crippen LogP contribution in [0.4, 0.5) is 0 Å². The molecule has 0 spiro atoms. The summed E-state index contributed by atoms with van der Waals surface area (Å²) < 4.78 is 0. The van der Waals surface area contributed by atoms with E-state index in [9.17, 15) is 14.4 Å². The first kappa shape index (κ1) is 14.5. The van der Waals surface area contributed by atoms with Crippen LogP contribution >= 0.6 is 11.6 Å². The van der Waals surface area contributed by atoms with Gasteiger partial charge in [-0.2, -0.15) is 0 Å². The van der Waals surface area contributed by atoms with Crippen LogP contribution in [0.2, 0.25) is 5.02 Å². The van der Waals surface area contributed by atoms with Crippen LogP contribution in [0.3, 0.4) is 0 Å². The molecule has 1 fully saturated rings. The van der Waals surface area contributed by atoms with Gasteiger partial charge < -0.3 is 4.90 Å². The second-order valence-corrected chi connectivity index (χ2v) is 5.66. The molecule has 5 nitrogen and oxygen atoms in total. The molecule has 1 saturated heterocycles. The fourth-order valence-corrected chi connectivity index (χ4v) is 2.18. The van der Waals surface area contributed by atoms with E-state index in [1.807, 2.05) is 0 Å². The third-order valence-corrected chi connectivity index (χ3v) is 3.61. The van der Waals surface area contributed by atoms with Gasteiger partial charge in [0.25, 0.3) is 5.91 Å². The maximum Gasteiger partial charge on any atom is 0.252 e. The van der Waals surface area contributed by atoms with Gasteiger partial charge in [0.05, 0.1) is 6.42 Å². The first-order valence-electron chi connectivity index (χ1n) is 6.20. The number of halogens is 1. The highest BCUT2D eigenvalue weighted by atomic mass is 35.5. The maximum atomic E-state index is 12.3. The van der Waals surface area contributed by atoms with Gasteiger partial charge in [0, 0.05) is 5.02 Å². The van der Waals surface area contributed by atoms with Crippen molar-refractivity contribution in [2.24, 2.45) is 0 Å². The van der Waals surface area contributed by atoms with Crippen molar-refractivity contribution >= 4 is 29.3 Å². The third kappa shape index (κ3) is 2.82. The summed E-state index contributed by atoms with van der Waals surface area (Å²) in [6.45, 7) is 3.13. The lowest BCUT2D eigenvalue weighted by Crippen LogP contribution is -2.65. The van der Waals surface area contributed by atoms with Crippen molar-refractivity contribution in [2.45, 2.75) is 25.8 Å². The zero-order valence-corrected chi connectivity index (χ0v) is 12.0. The first-order valence-corrected chi connectivity index (χ1v) is 6.57. The number of carbonyl (C=O) groups excluding carboxylic acids is 3. The van der Waals surface area contributed by atoms with Crippen LogP contribution in [0, 0.1) is 0 Å². The molecule has 2 rings (SSSR count). The molecule has 0 saturated carbocycles. The highest BCUT2D eigenvalue weighted by Gasteiger charge is 2.43. The number of nitrogens with one attached hydrogen (secondary N) is 1. The second kappa shape index (κ2) is 5.25. The number of nitrogens with zero attached hydrogens (tertiary/aromatic N) is 1. The molecule has 20 heavy (non-hydrogen) atoms. The lowest BCUT2D eigenvalue weighted by Gasteiger charge is -2.40. The molecule has 1 aromatic carbocycles. The fraction of sp³-hybridized carbons (Fsp3) is 0.357. The minimum absolute atomic E-state index is 0.106. The van der Waals surface area contributed by atoms with E-state index in [1.165, 1.54) is 4.90 Å². The van der Waals surface area contributed by atoms with E-state index in [0.717, 1.165) is 5.56 Å². The SMILES string of the molecule is CC1(C)C(=O)NC(=O)CN1C(=O)Cc1ccc(Cl)cc1. The number of amides is 3. The Labute approximate surface area is 121 Å². The molecule has 1 N–H and O–H groups in total. The minimum Gasteiger partial charge on any atom is -0.319 e. The van der Waals surface area contributed by atoms with Crippen molar-refractivity contribution in [3.05, 3.63) is 34.9 Å². The maximum absolute atomic E-state index is 12.3. The van der Waals surface area contributed by atoms with Crippen molar-refractivity contribution < 1.29 is 14.4 Å². The molecule has 1 aliphatic heterocycles. The molecule has 106 valence electrons. The van der Waals surface area contributed by atoms with Gasteiger partial charge in [-0.15, -0.1) is 0 Å². The minimum atomic E-state index is -1.03. The Hall–Kier alpha value is -1.88. The van der Waals surface area contributed by atoms with Gasteiger partial charge >= 0.3 is 0 Å². The summed E-state index contributed by atoms with van der Waals surface area (Å²) in [5.74, 6) is -1.18. The van der Waals surface area contributed by atoms with Crippen LogP contribution in [-0.4, -0.2) is 34.7 Å². The van der Waals surface area contributed by atoms with E-state index < -0.39 is 17.4 Å². The van der Waals surface area contributed by atoms with Crippen LogP contribution in [0.5, 0.6) is 0 Å². The smallest absolute Gasteiger partial charge is 0.252 e. The van der Waals surface area contributed by atoms with E-state index in [1.54, 1.807) is 38.1 Å². The third-order valence-electron chi connectivity index (χ3n) is 3.35. The molecule has 1 heterocycles. The summed E-state index contributed by atoms with van der Waals surface area (Å²) in [5, 5.41) is 2.83. The lowest BCUT2D eigenvalue weighted by atomic mass is 9.97. The van der Waals surface area contributed by atoms with Gasteiger partial charge in [0.2, 0.25) is 11.8 Å². The summed E-state index contributed by atoms with van der Waals surface area (Å²) >= 11 is 5.79. The van der Waals surface area contributed by atoms with E-state index in [-0.39, 0.29) is 18.9 Å². The zero-order chi connectivity index (χ0) is 14.9. The summed E-state index contributed by atoms with van der Waals surface area (Å²) in [7, 11) is 0. The van der Waals surface area contributed by atoms with Crippen LogP contribution in [-0.2, 0) is 20.8 Å². The van der Waals surface area contributed by atoms with Crippen LogP contribution in [0.15, 0.2) is 24.3 Å². The summed E-state index contributed by atoms with van der Waals surface area (Å²) in [4.78, 5) is 36.9. The molecule has 6 heteroatoms. The Bertz CT molecular complexity index is 566. The van der Waals surface area contributed by atoms with Gasteiger partial charge in [-0.25, -0.2) is 0 Å². The molecule has 3 amide bonds. The van der Waals surface area contributed by atoms with Gasteiger partial charge in [-0.3, -0.25) is 19.7 Å². The van der Waals surface area contributed by atoms with Crippen LogP contribution < -0.4 is 5.32 Å². The van der Waals surface area contributed by atoms with E-state index in [4.69, 9.17) is 11.6 Å². The predicted molar refractivity (Wildman–Crippen MR) is 74.1 cm³/mol. The summed E-state index contributed by atoms with van der Waals surface area (Å²) in [5.41, 5.74) is -0.245. The number of benzene rings is 1. The molecule has 0 aliphatic carbocycles. The average Bonchev–Trinajstić information content (AvgIpc) is 2.37. The first-order chi connectivity index (χ1) is 9.30. The summed E-state index contributed by atoms with van der Waals surface area (Å²) in [6, 6.07) is 6.89. The van der Waals surface area contributed by atoms with Gasteiger partial charge in [0.1, 0.15) is 12.1 Å². The van der Waals surface area contributed by atoms with Gasteiger partial charge in [0.15, 0.2) is 0 Å². The Morgan fingerprint density at radius 2 is 1.90 bits per heavy atom. The Morgan fingerprint density at radius 3 is 2.50 bits per heavy atom. The van der Waals surface area contributed by atoms with Crippen molar-refractivity contribution in [3.63, 3.8) is 0 Å². The monoisotopic (exact) mass is 294 g/mol. The van der Waals surface area contributed by atoms with E-state index >= 15 is 0 Å². The zero-order valence-electron chi connectivity index (χ0n) is 11.3. The standard InChI is InChI=1S/C14H15ClN2O3/c1-14(2)13(20)16-11(18)8-17(14)12(19)7-9-3-5-10(15)6-4-9/h3-6H,7-8H2,1-2H3,(H,16,18,20). The van der Waals surface area contributed by atoms with Crippen molar-refractivity contribution in [3.8, 4) is 0 Å². The fourth-order valence-electron chi connectivity index (χ4n) is 2.06. The van der Waals surface area contributed by atoms with E-state index in [0.29, 0.717) is 5.02 Å². The topological polar surface area (TPSA) is 66.5 Å². The number of piperazine rings is 1. The van der Waals surface area contributed by atoms with Crippen molar-refractivity contribution in [2.75, 3.05) is 6.54 Å². The number of carbonyl (C=O) groups is 3. The van der Waals surface area contributed by atoms with Crippen molar-refractivity contribution in [1.82, 2.24) is 10.2 Å². The molecule has 1 aliphatic rings. The van der Waals surface area contributed by atoms with Crippen molar-refractivity contribution in [1.29, 1.82) is 0 Å². The number of hydrogen-bond donors (Lipinski definition) is 1. The van der Waals surface area contributed by atoms with Crippen LogP contribution in [0.1, 0.15) is 19.4 Å². The Morgan fingerprint density at radius 1 is 1.30 bits per heavy atom. The van der Waals surface area contributed by atoms with E-state index in [2.05, 4.69) is 5.32 Å². The highest BCUT2D eigenvalue weighted by Crippen LogP contribution is 2.20. The molecular formula is C14H15ClN2O3. The largest absolute Gasteiger partial charge is 0.319 e. The molecule has 1 aromatic rings. The normalized spacial score (nSPS) is 17.9. The summed E-state index contributed by atoms with van der Waals surface area (Å²) in [6.07, 6.45) is 0.126. The van der Waals surface area contributed by atoms with Gasteiger partial charge in [-0.1, -0.05) is 23.7 Å². The predicted octanol–water partition coefficient (Wildman–Crippen LogP) is 1.15. The second-order valence-electron chi connectivity index (χ2n) is 5.22. The molecule has 0 aromatic heterocycles. The lowest BCUT2D eigenvalue weighted by molar-refractivity contribution is -0.155. The number of imide groups is 1. The number of rotatable bonds is 2. The molecule has 0 bridgehead atoms. The Kier molecular flexibility index (Phi) is 3.81. The Balaban J connectivity index is 2.16. The molecule has 0 unspecified atom stereocenters. The molecular weight excluding hydrogens is 280 g/mol. The molecule has 0 atom stereocenters. The molecule has 0 radical (unpaired) electrons. The highest BCUT2D eigenvalue weighted by molar-refractivity contribution is 6.30. The quantitative estimate of drug-likeness (QED) is 0.832. The average molecular weight is 295 g/mol.